The van der Waals surface area contributed by atoms with Crippen LogP contribution < -0.4 is 5.32 Å². The lowest BCUT2D eigenvalue weighted by Gasteiger charge is -2.05. The van der Waals surface area contributed by atoms with Crippen LogP contribution in [0.4, 0.5) is 5.69 Å². The predicted octanol–water partition coefficient (Wildman–Crippen LogP) is 3.04. The van der Waals surface area contributed by atoms with E-state index in [1.54, 1.807) is 20.3 Å². The zero-order valence-electron chi connectivity index (χ0n) is 13.4. The van der Waals surface area contributed by atoms with Gasteiger partial charge in [-0.1, -0.05) is 12.1 Å². The third-order valence-electron chi connectivity index (χ3n) is 3.51. The van der Waals surface area contributed by atoms with Gasteiger partial charge < -0.3 is 14.5 Å². The topological polar surface area (TPSA) is 89.4 Å². The zero-order chi connectivity index (χ0) is 16.8. The molecule has 0 saturated carbocycles. The summed E-state index contributed by atoms with van der Waals surface area (Å²) >= 11 is 1.81. The Morgan fingerprint density at radius 1 is 1.39 bits per heavy atom. The smallest absolute Gasteiger partial charge is 0.293 e. The van der Waals surface area contributed by atoms with Gasteiger partial charge in [-0.3, -0.25) is 15.4 Å². The highest BCUT2D eigenvalue weighted by Crippen LogP contribution is 2.33. The number of ether oxygens (including phenoxy) is 2. The highest BCUT2D eigenvalue weighted by molar-refractivity contribution is 7.99. The number of hydrogen-bond acceptors (Lipinski definition) is 6. The predicted molar refractivity (Wildman–Crippen MR) is 91.6 cm³/mol. The van der Waals surface area contributed by atoms with Crippen LogP contribution in [-0.4, -0.2) is 42.7 Å². The van der Waals surface area contributed by atoms with Crippen molar-refractivity contribution in [1.82, 2.24) is 10.3 Å². The molecule has 7 nitrogen and oxygen atoms in total. The molecule has 3 rings (SSSR count). The molecule has 0 bridgehead atoms. The Morgan fingerprint density at radius 2 is 2.13 bits per heavy atom. The van der Waals surface area contributed by atoms with Gasteiger partial charge in [-0.15, -0.1) is 11.8 Å². The first-order valence-corrected chi connectivity index (χ1v) is 8.28. The van der Waals surface area contributed by atoms with Gasteiger partial charge in [0.15, 0.2) is 6.29 Å². The monoisotopic (exact) mass is 339 g/mol. The van der Waals surface area contributed by atoms with Crippen molar-refractivity contribution < 1.29 is 14.4 Å². The van der Waals surface area contributed by atoms with E-state index in [0.717, 1.165) is 23.4 Å². The van der Waals surface area contributed by atoms with E-state index in [2.05, 4.69) is 19.8 Å². The van der Waals surface area contributed by atoms with Crippen molar-refractivity contribution in [2.24, 2.45) is 0 Å². The highest BCUT2D eigenvalue weighted by Gasteiger charge is 2.21. The summed E-state index contributed by atoms with van der Waals surface area (Å²) < 4.78 is 9.35. The quantitative estimate of drug-likeness (QED) is 0.505. The number of H-pyrrole nitrogens is 1. The van der Waals surface area contributed by atoms with E-state index in [-0.39, 0.29) is 22.3 Å². The number of thioether (sulfide) groups is 1. The van der Waals surface area contributed by atoms with Crippen molar-refractivity contribution >= 4 is 28.4 Å². The SMILES string of the molecule is COC(C)OC.O=[N+]([O-])c1cccc2cc(C3NCCS3)[nH]c12. The van der Waals surface area contributed by atoms with E-state index in [9.17, 15) is 10.1 Å². The van der Waals surface area contributed by atoms with E-state index in [1.165, 1.54) is 6.07 Å². The van der Waals surface area contributed by atoms with E-state index < -0.39 is 0 Å². The summed E-state index contributed by atoms with van der Waals surface area (Å²) in [5.41, 5.74) is 1.76. The van der Waals surface area contributed by atoms with Crippen LogP contribution >= 0.6 is 11.8 Å². The lowest BCUT2D eigenvalue weighted by atomic mass is 10.2. The van der Waals surface area contributed by atoms with Crippen molar-refractivity contribution in [3.63, 3.8) is 0 Å². The van der Waals surface area contributed by atoms with Crippen LogP contribution in [0, 0.1) is 10.1 Å². The molecule has 0 amide bonds. The number of nitrogens with one attached hydrogen (secondary N) is 2. The van der Waals surface area contributed by atoms with Gasteiger partial charge in [0.1, 0.15) is 5.52 Å². The number of aromatic nitrogens is 1. The maximum Gasteiger partial charge on any atom is 0.293 e. The second kappa shape index (κ2) is 8.30. The molecule has 0 aliphatic carbocycles. The summed E-state index contributed by atoms with van der Waals surface area (Å²) in [5, 5.41) is 15.4. The third kappa shape index (κ3) is 4.44. The minimum absolute atomic E-state index is 0.0648. The Hall–Kier alpha value is -1.61. The number of aromatic amines is 1. The molecule has 2 N–H and O–H groups in total. The second-order valence-corrected chi connectivity index (χ2v) is 6.18. The van der Waals surface area contributed by atoms with Crippen LogP contribution in [0.5, 0.6) is 0 Å². The molecule has 1 fully saturated rings. The lowest BCUT2D eigenvalue weighted by molar-refractivity contribution is -0.383. The Kier molecular flexibility index (Phi) is 6.40. The average Bonchev–Trinajstić information content (AvgIpc) is 3.22. The summed E-state index contributed by atoms with van der Waals surface area (Å²) in [6, 6.07) is 7.12. The molecule has 1 aliphatic rings. The zero-order valence-corrected chi connectivity index (χ0v) is 14.2. The maximum absolute atomic E-state index is 10.9. The molecule has 1 atom stereocenters. The Bertz CT molecular complexity index is 651. The highest BCUT2D eigenvalue weighted by atomic mass is 32.2. The van der Waals surface area contributed by atoms with Crippen molar-refractivity contribution in [2.45, 2.75) is 18.6 Å². The number of benzene rings is 1. The molecule has 1 aliphatic heterocycles. The summed E-state index contributed by atoms with van der Waals surface area (Å²) in [5.74, 6) is 1.07. The number of hydrogen-bond donors (Lipinski definition) is 2. The summed E-state index contributed by atoms with van der Waals surface area (Å²) in [6.07, 6.45) is -0.0648. The van der Waals surface area contributed by atoms with Gasteiger partial charge in [0.05, 0.1) is 10.3 Å². The molecule has 2 heterocycles. The number of non-ortho nitro benzene ring substituents is 1. The van der Waals surface area contributed by atoms with Crippen LogP contribution in [0.25, 0.3) is 10.9 Å². The van der Waals surface area contributed by atoms with Gasteiger partial charge >= 0.3 is 0 Å². The summed E-state index contributed by atoms with van der Waals surface area (Å²) in [7, 11) is 3.21. The number of fused-ring (bicyclic) bond motifs is 1. The standard InChI is InChI=1S/C11H11N3O2S.C4H10O2/c15-14(16)9-3-1-2-7-6-8(13-10(7)9)11-12-4-5-17-11;1-4(5-2)6-3/h1-3,6,11-13H,4-5H2;4H,1-3H3. The fraction of sp³-hybridized carbons (Fsp3) is 0.467. The average molecular weight is 339 g/mol. The third-order valence-corrected chi connectivity index (χ3v) is 4.71. The molecule has 1 aromatic carbocycles. The number of methoxy groups -OCH3 is 2. The first-order valence-electron chi connectivity index (χ1n) is 7.23. The van der Waals surface area contributed by atoms with Crippen LogP contribution in [0.1, 0.15) is 18.0 Å². The molecule has 1 unspecified atom stereocenters. The number of para-hydroxylation sites is 1. The fourth-order valence-electron chi connectivity index (χ4n) is 2.18. The van der Waals surface area contributed by atoms with Crippen LogP contribution in [0.15, 0.2) is 24.3 Å². The minimum atomic E-state index is -0.349. The van der Waals surface area contributed by atoms with Crippen LogP contribution in [0.3, 0.4) is 0 Å². The fourth-order valence-corrected chi connectivity index (χ4v) is 3.19. The minimum Gasteiger partial charge on any atom is -0.356 e. The molecular weight excluding hydrogens is 318 g/mol. The van der Waals surface area contributed by atoms with E-state index in [1.807, 2.05) is 30.8 Å². The maximum atomic E-state index is 10.9. The molecule has 0 spiro atoms. The first-order chi connectivity index (χ1) is 11.1. The lowest BCUT2D eigenvalue weighted by Crippen LogP contribution is -2.12. The number of nitro groups is 1. The summed E-state index contributed by atoms with van der Waals surface area (Å²) in [6.45, 7) is 2.81. The van der Waals surface area contributed by atoms with Crippen molar-refractivity contribution in [3.8, 4) is 0 Å². The second-order valence-electron chi connectivity index (χ2n) is 4.97. The van der Waals surface area contributed by atoms with Gasteiger partial charge in [0, 0.05) is 43.7 Å². The molecule has 8 heteroatoms. The van der Waals surface area contributed by atoms with Gasteiger partial charge in [-0.2, -0.15) is 0 Å². The number of nitrogens with zero attached hydrogens (tertiary/aromatic N) is 1. The largest absolute Gasteiger partial charge is 0.356 e. The van der Waals surface area contributed by atoms with Gasteiger partial charge in [0.2, 0.25) is 0 Å². The van der Waals surface area contributed by atoms with Crippen LogP contribution in [0.2, 0.25) is 0 Å². The number of rotatable bonds is 4. The Labute approximate surface area is 138 Å². The molecule has 126 valence electrons. The molecule has 1 saturated heterocycles. The molecule has 1 aromatic heterocycles. The van der Waals surface area contributed by atoms with Crippen molar-refractivity contribution in [3.05, 3.63) is 40.1 Å². The Morgan fingerprint density at radius 3 is 2.65 bits per heavy atom. The summed E-state index contributed by atoms with van der Waals surface area (Å²) in [4.78, 5) is 13.7. The van der Waals surface area contributed by atoms with E-state index in [4.69, 9.17) is 0 Å². The van der Waals surface area contributed by atoms with E-state index >= 15 is 0 Å². The van der Waals surface area contributed by atoms with Gasteiger partial charge in [-0.25, -0.2) is 0 Å². The van der Waals surface area contributed by atoms with Crippen molar-refractivity contribution in [1.29, 1.82) is 0 Å². The van der Waals surface area contributed by atoms with Gasteiger partial charge in [0.25, 0.3) is 5.69 Å². The molecule has 23 heavy (non-hydrogen) atoms. The number of nitro benzene ring substituents is 1. The normalized spacial score (nSPS) is 17.3. The Balaban J connectivity index is 0.000000277. The first kappa shape index (κ1) is 17.7. The van der Waals surface area contributed by atoms with Crippen LogP contribution in [-0.2, 0) is 9.47 Å². The van der Waals surface area contributed by atoms with E-state index in [0.29, 0.717) is 5.52 Å². The van der Waals surface area contributed by atoms with Crippen molar-refractivity contribution in [2.75, 3.05) is 26.5 Å². The molecule has 0 radical (unpaired) electrons. The van der Waals surface area contributed by atoms with Gasteiger partial charge in [-0.05, 0) is 13.0 Å². The molecular formula is C15H21N3O4S. The molecule has 2 aromatic rings.